The Kier molecular flexibility index (Phi) is 2.61. The maximum atomic E-state index is 5.84. The summed E-state index contributed by atoms with van der Waals surface area (Å²) in [5.74, 6) is 0.889. The Hall–Kier alpha value is -0.0800. The zero-order chi connectivity index (χ0) is 10.3. The van der Waals surface area contributed by atoms with Gasteiger partial charge in [0.2, 0.25) is 0 Å². The van der Waals surface area contributed by atoms with Crippen LogP contribution in [0.2, 0.25) is 0 Å². The van der Waals surface area contributed by atoms with Gasteiger partial charge in [-0.2, -0.15) is 0 Å². The maximum absolute atomic E-state index is 5.84. The molecule has 2 atom stereocenters. The minimum Gasteiger partial charge on any atom is -0.325 e. The molecule has 2 N–H and O–H groups in total. The zero-order valence-corrected chi connectivity index (χ0v) is 9.79. The zero-order valence-electron chi connectivity index (χ0n) is 9.79. The van der Waals surface area contributed by atoms with Gasteiger partial charge in [-0.25, -0.2) is 0 Å². The van der Waals surface area contributed by atoms with Crippen LogP contribution in [0.4, 0.5) is 0 Å². The lowest BCUT2D eigenvalue weighted by molar-refractivity contribution is 0.0190. The molecule has 1 aliphatic heterocycles. The van der Waals surface area contributed by atoms with E-state index in [2.05, 4.69) is 25.7 Å². The summed E-state index contributed by atoms with van der Waals surface area (Å²) in [6.07, 6.45) is 4.14. The second-order valence-electron chi connectivity index (χ2n) is 6.28. The van der Waals surface area contributed by atoms with Gasteiger partial charge < -0.3 is 5.73 Å². The lowest BCUT2D eigenvalue weighted by atomic mass is 9.70. The predicted molar refractivity (Wildman–Crippen MR) is 60.1 cm³/mol. The van der Waals surface area contributed by atoms with Gasteiger partial charge in [0.05, 0.1) is 0 Å². The van der Waals surface area contributed by atoms with Crippen LogP contribution in [0, 0.1) is 11.3 Å². The van der Waals surface area contributed by atoms with Crippen molar-refractivity contribution in [1.29, 1.82) is 0 Å². The van der Waals surface area contributed by atoms with Gasteiger partial charge in [0.1, 0.15) is 0 Å². The van der Waals surface area contributed by atoms with E-state index in [0.717, 1.165) is 25.0 Å². The summed E-state index contributed by atoms with van der Waals surface area (Å²) < 4.78 is 0. The third kappa shape index (κ3) is 2.12. The van der Waals surface area contributed by atoms with Crippen LogP contribution >= 0.6 is 0 Å². The fourth-order valence-corrected chi connectivity index (χ4v) is 3.42. The molecule has 0 bridgehead atoms. The van der Waals surface area contributed by atoms with Crippen LogP contribution in [0.1, 0.15) is 40.0 Å². The van der Waals surface area contributed by atoms with Crippen LogP contribution in [0.15, 0.2) is 0 Å². The minimum atomic E-state index is 0.454. The largest absolute Gasteiger partial charge is 0.325 e. The van der Waals surface area contributed by atoms with E-state index in [4.69, 9.17) is 5.73 Å². The number of rotatable bonds is 1. The van der Waals surface area contributed by atoms with Crippen LogP contribution in [0.5, 0.6) is 0 Å². The molecule has 2 rings (SSSR count). The first-order chi connectivity index (χ1) is 6.46. The first kappa shape index (κ1) is 10.4. The van der Waals surface area contributed by atoms with Crippen molar-refractivity contribution in [2.75, 3.05) is 13.1 Å². The third-order valence-electron chi connectivity index (χ3n) is 3.82. The first-order valence-electron chi connectivity index (χ1n) is 5.96. The van der Waals surface area contributed by atoms with E-state index in [1.165, 1.54) is 19.3 Å². The standard InChI is InChI=1S/C12H24N2/c1-9-4-11(6-12(2,3)5-9)14-7-10(13)8-14/h9-11H,4-8,13H2,1-3H3. The molecule has 2 heteroatoms. The molecule has 1 saturated heterocycles. The van der Waals surface area contributed by atoms with Crippen LogP contribution < -0.4 is 5.73 Å². The Balaban J connectivity index is 1.93. The Morgan fingerprint density at radius 3 is 2.36 bits per heavy atom. The fourth-order valence-electron chi connectivity index (χ4n) is 3.42. The van der Waals surface area contributed by atoms with Gasteiger partial charge in [-0.1, -0.05) is 20.8 Å². The SMILES string of the molecule is CC1CC(N2CC(N)C2)CC(C)(C)C1. The highest BCUT2D eigenvalue weighted by Gasteiger charge is 2.38. The topological polar surface area (TPSA) is 29.3 Å². The Morgan fingerprint density at radius 2 is 1.86 bits per heavy atom. The average molecular weight is 196 g/mol. The number of nitrogens with two attached hydrogens (primary N) is 1. The molecule has 0 spiro atoms. The molecule has 1 saturated carbocycles. The monoisotopic (exact) mass is 196 g/mol. The summed E-state index contributed by atoms with van der Waals surface area (Å²) in [4.78, 5) is 2.59. The number of hydrogen-bond acceptors (Lipinski definition) is 2. The highest BCUT2D eigenvalue weighted by atomic mass is 15.2. The van der Waals surface area contributed by atoms with Crippen LogP contribution in [0.25, 0.3) is 0 Å². The van der Waals surface area contributed by atoms with E-state index in [1.54, 1.807) is 0 Å². The molecule has 0 radical (unpaired) electrons. The van der Waals surface area contributed by atoms with Gasteiger partial charge in [0.25, 0.3) is 0 Å². The van der Waals surface area contributed by atoms with E-state index < -0.39 is 0 Å². The van der Waals surface area contributed by atoms with Crippen LogP contribution in [-0.4, -0.2) is 30.1 Å². The highest BCUT2D eigenvalue weighted by Crippen LogP contribution is 2.41. The molecule has 2 unspecified atom stereocenters. The van der Waals surface area contributed by atoms with Crippen LogP contribution in [-0.2, 0) is 0 Å². The molecule has 0 aromatic rings. The molecule has 2 aliphatic rings. The van der Waals surface area contributed by atoms with Gasteiger partial charge in [0, 0.05) is 25.2 Å². The summed E-state index contributed by atoms with van der Waals surface area (Å²) in [5, 5.41) is 0. The Bertz CT molecular complexity index is 206. The summed E-state index contributed by atoms with van der Waals surface area (Å²) in [7, 11) is 0. The number of likely N-dealkylation sites (tertiary alicyclic amines) is 1. The molecule has 0 aromatic carbocycles. The van der Waals surface area contributed by atoms with Crippen molar-refractivity contribution < 1.29 is 0 Å². The van der Waals surface area contributed by atoms with Gasteiger partial charge >= 0.3 is 0 Å². The van der Waals surface area contributed by atoms with Gasteiger partial charge in [-0.3, -0.25) is 4.90 Å². The third-order valence-corrected chi connectivity index (χ3v) is 3.82. The van der Waals surface area contributed by atoms with Crippen molar-refractivity contribution in [2.24, 2.45) is 17.1 Å². The van der Waals surface area contributed by atoms with Gasteiger partial charge in [-0.05, 0) is 30.6 Å². The molecule has 82 valence electrons. The van der Waals surface area contributed by atoms with Crippen molar-refractivity contribution in [3.05, 3.63) is 0 Å². The molecule has 2 fully saturated rings. The molecule has 0 amide bonds. The normalized spacial score (nSPS) is 39.4. The van der Waals surface area contributed by atoms with Crippen molar-refractivity contribution in [1.82, 2.24) is 4.90 Å². The van der Waals surface area contributed by atoms with E-state index in [9.17, 15) is 0 Å². The lowest BCUT2D eigenvalue weighted by Gasteiger charge is -2.49. The van der Waals surface area contributed by atoms with E-state index in [1.807, 2.05) is 0 Å². The Labute approximate surface area is 87.8 Å². The highest BCUT2D eigenvalue weighted by molar-refractivity contribution is 4.94. The smallest absolute Gasteiger partial charge is 0.0297 e. The van der Waals surface area contributed by atoms with Gasteiger partial charge in [0.15, 0.2) is 0 Å². The first-order valence-corrected chi connectivity index (χ1v) is 5.96. The quantitative estimate of drug-likeness (QED) is 0.693. The van der Waals surface area contributed by atoms with Gasteiger partial charge in [-0.15, -0.1) is 0 Å². The average Bonchev–Trinajstić information content (AvgIpc) is 1.94. The summed E-state index contributed by atoms with van der Waals surface area (Å²) in [6, 6.07) is 1.27. The van der Waals surface area contributed by atoms with Crippen molar-refractivity contribution in [3.63, 3.8) is 0 Å². The number of hydrogen-bond donors (Lipinski definition) is 1. The second-order valence-corrected chi connectivity index (χ2v) is 6.28. The molecule has 2 nitrogen and oxygen atoms in total. The summed E-state index contributed by atoms with van der Waals surface area (Å²) in [5.41, 5.74) is 6.38. The maximum Gasteiger partial charge on any atom is 0.0297 e. The van der Waals surface area contributed by atoms with Crippen molar-refractivity contribution in [2.45, 2.75) is 52.1 Å². The fraction of sp³-hybridized carbons (Fsp3) is 1.00. The minimum absolute atomic E-state index is 0.454. The van der Waals surface area contributed by atoms with E-state index in [-0.39, 0.29) is 0 Å². The summed E-state index contributed by atoms with van der Waals surface area (Å²) >= 11 is 0. The molecule has 1 heterocycles. The molecule has 14 heavy (non-hydrogen) atoms. The van der Waals surface area contributed by atoms with Crippen molar-refractivity contribution >= 4 is 0 Å². The molecule has 0 aromatic heterocycles. The summed E-state index contributed by atoms with van der Waals surface area (Å²) in [6.45, 7) is 9.49. The van der Waals surface area contributed by atoms with E-state index >= 15 is 0 Å². The van der Waals surface area contributed by atoms with Crippen LogP contribution in [0.3, 0.4) is 0 Å². The molecule has 1 aliphatic carbocycles. The molecular weight excluding hydrogens is 172 g/mol. The Morgan fingerprint density at radius 1 is 1.21 bits per heavy atom. The number of nitrogens with zero attached hydrogens (tertiary/aromatic N) is 1. The van der Waals surface area contributed by atoms with E-state index in [0.29, 0.717) is 11.5 Å². The molecular formula is C12H24N2. The predicted octanol–water partition coefficient (Wildman–Crippen LogP) is 1.84. The lowest BCUT2D eigenvalue weighted by Crippen LogP contribution is -2.60. The van der Waals surface area contributed by atoms with Crippen molar-refractivity contribution in [3.8, 4) is 0 Å². The second kappa shape index (κ2) is 3.49.